The molecule has 0 aromatic heterocycles. The summed E-state index contributed by atoms with van der Waals surface area (Å²) in [5.74, 6) is 0.646. The molecule has 3 heterocycles. The molecule has 0 amide bonds. The molecule has 110 valence electrons. The number of nitrogens with one attached hydrogen (secondary N) is 1. The summed E-state index contributed by atoms with van der Waals surface area (Å²) in [5, 5.41) is 3.55. The average molecular weight is 289 g/mol. The Morgan fingerprint density at radius 1 is 1.05 bits per heavy atom. The second-order valence-corrected chi connectivity index (χ2v) is 8.33. The normalized spacial score (nSPS) is 37.5. The van der Waals surface area contributed by atoms with Crippen LogP contribution >= 0.6 is 0 Å². The van der Waals surface area contributed by atoms with Crippen LogP contribution in [0.3, 0.4) is 0 Å². The molecule has 0 aromatic carbocycles. The summed E-state index contributed by atoms with van der Waals surface area (Å²) < 4.78 is 34.4. The van der Waals surface area contributed by atoms with Crippen LogP contribution < -0.4 is 5.32 Å². The van der Waals surface area contributed by atoms with Crippen LogP contribution in [0, 0.1) is 0 Å². The molecule has 3 aliphatic heterocycles. The lowest BCUT2D eigenvalue weighted by Crippen LogP contribution is -2.52. The summed E-state index contributed by atoms with van der Waals surface area (Å²) in [6.45, 7) is 2.34. The molecule has 19 heavy (non-hydrogen) atoms. The highest BCUT2D eigenvalue weighted by molar-refractivity contribution is 7.91. The molecule has 3 aliphatic rings. The minimum absolute atomic E-state index is 0.0222. The van der Waals surface area contributed by atoms with E-state index in [1.165, 1.54) is 0 Å². The van der Waals surface area contributed by atoms with Crippen LogP contribution in [0.1, 0.15) is 32.1 Å². The van der Waals surface area contributed by atoms with Crippen molar-refractivity contribution in [1.29, 1.82) is 0 Å². The maximum Gasteiger partial charge on any atom is 0.151 e. The van der Waals surface area contributed by atoms with Gasteiger partial charge < -0.3 is 14.8 Å². The van der Waals surface area contributed by atoms with Crippen molar-refractivity contribution in [3.05, 3.63) is 0 Å². The fourth-order valence-corrected chi connectivity index (χ4v) is 5.21. The highest BCUT2D eigenvalue weighted by atomic mass is 32.2. The van der Waals surface area contributed by atoms with Gasteiger partial charge >= 0.3 is 0 Å². The molecule has 3 saturated heterocycles. The molecule has 1 N–H and O–H groups in total. The summed E-state index contributed by atoms with van der Waals surface area (Å²) >= 11 is 0. The van der Waals surface area contributed by atoms with E-state index >= 15 is 0 Å². The van der Waals surface area contributed by atoms with Crippen molar-refractivity contribution in [3.8, 4) is 0 Å². The number of hydrogen-bond donors (Lipinski definition) is 1. The maximum atomic E-state index is 11.5. The van der Waals surface area contributed by atoms with Crippen molar-refractivity contribution >= 4 is 9.84 Å². The zero-order valence-electron chi connectivity index (χ0n) is 11.3. The van der Waals surface area contributed by atoms with Gasteiger partial charge in [-0.3, -0.25) is 0 Å². The van der Waals surface area contributed by atoms with Crippen molar-refractivity contribution in [2.45, 2.75) is 49.8 Å². The van der Waals surface area contributed by atoms with E-state index in [-0.39, 0.29) is 11.6 Å². The molecule has 3 rings (SSSR count). The van der Waals surface area contributed by atoms with Gasteiger partial charge in [-0.05, 0) is 32.1 Å². The first-order valence-electron chi connectivity index (χ1n) is 7.25. The van der Waals surface area contributed by atoms with Crippen molar-refractivity contribution in [2.24, 2.45) is 0 Å². The van der Waals surface area contributed by atoms with Crippen LogP contribution in [0.5, 0.6) is 0 Å². The van der Waals surface area contributed by atoms with Gasteiger partial charge in [0.1, 0.15) is 0 Å². The van der Waals surface area contributed by atoms with Crippen LogP contribution in [0.25, 0.3) is 0 Å². The predicted octanol–water partition coefficient (Wildman–Crippen LogP) is 0.491. The van der Waals surface area contributed by atoms with E-state index in [9.17, 15) is 8.42 Å². The minimum Gasteiger partial charge on any atom is -0.381 e. The topological polar surface area (TPSA) is 64.6 Å². The first kappa shape index (κ1) is 13.8. The molecular formula is C13H23NO4S. The molecule has 0 radical (unpaired) electrons. The maximum absolute atomic E-state index is 11.5. The summed E-state index contributed by atoms with van der Waals surface area (Å²) in [5.41, 5.74) is -0.0222. The highest BCUT2D eigenvalue weighted by Crippen LogP contribution is 2.34. The molecule has 6 heteroatoms. The third-order valence-electron chi connectivity index (χ3n) is 4.60. The molecular weight excluding hydrogens is 266 g/mol. The minimum atomic E-state index is -2.79. The van der Waals surface area contributed by atoms with Gasteiger partial charge in [-0.15, -0.1) is 0 Å². The zero-order valence-corrected chi connectivity index (χ0v) is 12.1. The van der Waals surface area contributed by atoms with Gasteiger partial charge in [-0.2, -0.15) is 0 Å². The van der Waals surface area contributed by atoms with E-state index in [0.29, 0.717) is 17.5 Å². The van der Waals surface area contributed by atoms with Gasteiger partial charge in [0.05, 0.1) is 17.1 Å². The van der Waals surface area contributed by atoms with E-state index in [1.54, 1.807) is 0 Å². The van der Waals surface area contributed by atoms with E-state index in [1.807, 2.05) is 0 Å². The second-order valence-electron chi connectivity index (χ2n) is 6.10. The van der Waals surface area contributed by atoms with Gasteiger partial charge in [0.25, 0.3) is 0 Å². The molecule has 0 bridgehead atoms. The Labute approximate surface area is 115 Å². The fraction of sp³-hybridized carbons (Fsp3) is 1.00. The van der Waals surface area contributed by atoms with Gasteiger partial charge in [-0.1, -0.05) is 0 Å². The molecule has 3 fully saturated rings. The largest absolute Gasteiger partial charge is 0.381 e. The number of rotatable bonds is 2. The van der Waals surface area contributed by atoms with Crippen molar-refractivity contribution in [1.82, 2.24) is 5.32 Å². The lowest BCUT2D eigenvalue weighted by Gasteiger charge is -2.44. The monoisotopic (exact) mass is 289 g/mol. The Balaban J connectivity index is 1.57. The Hall–Kier alpha value is -0.170. The zero-order chi connectivity index (χ0) is 13.3. The van der Waals surface area contributed by atoms with E-state index < -0.39 is 9.84 Å². The first-order chi connectivity index (χ1) is 9.07. The Kier molecular flexibility index (Phi) is 3.86. The SMILES string of the molecule is O=S1(=O)CCC(NC2CCOC3(CCOCC3)C2)C1. The van der Waals surface area contributed by atoms with Gasteiger partial charge in [0.2, 0.25) is 0 Å². The number of sulfone groups is 1. The second kappa shape index (κ2) is 5.31. The summed E-state index contributed by atoms with van der Waals surface area (Å²) in [6, 6.07) is 0.537. The summed E-state index contributed by atoms with van der Waals surface area (Å²) in [7, 11) is -2.79. The molecule has 0 saturated carbocycles. The smallest absolute Gasteiger partial charge is 0.151 e. The Morgan fingerprint density at radius 2 is 1.84 bits per heavy atom. The number of ether oxygens (including phenoxy) is 2. The van der Waals surface area contributed by atoms with Crippen LogP contribution in [0.4, 0.5) is 0 Å². The van der Waals surface area contributed by atoms with Gasteiger partial charge in [0, 0.05) is 31.9 Å². The first-order valence-corrected chi connectivity index (χ1v) is 9.07. The van der Waals surface area contributed by atoms with E-state index in [2.05, 4.69) is 5.32 Å². The summed E-state index contributed by atoms with van der Waals surface area (Å²) in [4.78, 5) is 0. The van der Waals surface area contributed by atoms with E-state index in [4.69, 9.17) is 9.47 Å². The standard InChI is InChI=1S/C13H23NO4S/c15-19(16)8-2-12(10-19)14-11-1-5-18-13(9-11)3-6-17-7-4-13/h11-12,14H,1-10H2. The Morgan fingerprint density at radius 3 is 2.53 bits per heavy atom. The van der Waals surface area contributed by atoms with Crippen molar-refractivity contribution in [3.63, 3.8) is 0 Å². The lowest BCUT2D eigenvalue weighted by molar-refractivity contribution is -0.140. The average Bonchev–Trinajstić information content (AvgIpc) is 2.70. The van der Waals surface area contributed by atoms with Crippen molar-refractivity contribution in [2.75, 3.05) is 31.3 Å². The van der Waals surface area contributed by atoms with Crippen LogP contribution in [-0.4, -0.2) is 57.4 Å². The van der Waals surface area contributed by atoms with Crippen LogP contribution in [-0.2, 0) is 19.3 Å². The quantitative estimate of drug-likeness (QED) is 0.801. The van der Waals surface area contributed by atoms with Crippen LogP contribution in [0.2, 0.25) is 0 Å². The molecule has 2 atom stereocenters. The third kappa shape index (κ3) is 3.29. The molecule has 2 unspecified atom stereocenters. The predicted molar refractivity (Wildman–Crippen MR) is 72.0 cm³/mol. The molecule has 1 spiro atoms. The van der Waals surface area contributed by atoms with Gasteiger partial charge in [0.15, 0.2) is 9.84 Å². The highest BCUT2D eigenvalue weighted by Gasteiger charge is 2.40. The van der Waals surface area contributed by atoms with E-state index in [0.717, 1.165) is 51.9 Å². The van der Waals surface area contributed by atoms with Crippen molar-refractivity contribution < 1.29 is 17.9 Å². The Bertz CT molecular complexity index is 411. The fourth-order valence-electron chi connectivity index (χ4n) is 3.52. The van der Waals surface area contributed by atoms with Gasteiger partial charge in [-0.25, -0.2) is 8.42 Å². The molecule has 0 aromatic rings. The lowest BCUT2D eigenvalue weighted by atomic mass is 9.84. The van der Waals surface area contributed by atoms with Crippen LogP contribution in [0.15, 0.2) is 0 Å². The summed E-state index contributed by atoms with van der Waals surface area (Å²) in [6.07, 6.45) is 4.67. The molecule has 5 nitrogen and oxygen atoms in total. The molecule has 0 aliphatic carbocycles. The third-order valence-corrected chi connectivity index (χ3v) is 6.37. The number of hydrogen-bond acceptors (Lipinski definition) is 5.